The second kappa shape index (κ2) is 4.43. The Hall–Kier alpha value is -0.660. The van der Waals surface area contributed by atoms with Crippen LogP contribution < -0.4 is 0 Å². The van der Waals surface area contributed by atoms with E-state index in [9.17, 15) is 9.59 Å². The maximum absolute atomic E-state index is 13.0. The van der Waals surface area contributed by atoms with E-state index in [0.717, 1.165) is 19.3 Å². The lowest BCUT2D eigenvalue weighted by Crippen LogP contribution is -2.58. The minimum atomic E-state index is -0.0146. The molecule has 4 saturated carbocycles. The van der Waals surface area contributed by atoms with E-state index >= 15 is 0 Å². The van der Waals surface area contributed by atoms with Crippen molar-refractivity contribution in [1.82, 2.24) is 0 Å². The van der Waals surface area contributed by atoms with Crippen LogP contribution in [0.15, 0.2) is 0 Å². The fourth-order valence-electron chi connectivity index (χ4n) is 6.94. The van der Waals surface area contributed by atoms with Crippen LogP contribution in [0.3, 0.4) is 0 Å². The van der Waals surface area contributed by atoms with E-state index in [-0.39, 0.29) is 22.7 Å². The number of Topliss-reactive ketones (excluding diaryl/α,β-unsaturated/α-hetero) is 2. The number of rotatable bonds is 0. The maximum Gasteiger partial charge on any atom is 0.137 e. The first-order chi connectivity index (χ1) is 9.96. The molecule has 0 unspecified atom stereocenters. The van der Waals surface area contributed by atoms with Gasteiger partial charge in [-0.1, -0.05) is 33.1 Å². The highest BCUT2D eigenvalue weighted by Crippen LogP contribution is 2.64. The third-order valence-corrected chi connectivity index (χ3v) is 7.82. The molecule has 0 saturated heterocycles. The molecule has 0 radical (unpaired) electrons. The van der Waals surface area contributed by atoms with Gasteiger partial charge in [-0.05, 0) is 48.3 Å². The molecule has 0 aromatic carbocycles. The molecule has 0 aromatic rings. The molecule has 0 spiro atoms. The summed E-state index contributed by atoms with van der Waals surface area (Å²) in [7, 11) is 0. The minimum absolute atomic E-state index is 0.0146. The Morgan fingerprint density at radius 3 is 2.57 bits per heavy atom. The molecular weight excluding hydrogens is 260 g/mol. The van der Waals surface area contributed by atoms with Crippen LogP contribution in [0.4, 0.5) is 0 Å². The molecule has 21 heavy (non-hydrogen) atoms. The molecule has 116 valence electrons. The number of fused-ring (bicyclic) bond motifs is 5. The van der Waals surface area contributed by atoms with E-state index < -0.39 is 0 Å². The molecule has 0 aromatic heterocycles. The van der Waals surface area contributed by atoms with E-state index in [1.54, 1.807) is 0 Å². The molecule has 2 nitrogen and oxygen atoms in total. The van der Waals surface area contributed by atoms with Gasteiger partial charge in [0.2, 0.25) is 0 Å². The van der Waals surface area contributed by atoms with Crippen molar-refractivity contribution in [3.8, 4) is 0 Å². The van der Waals surface area contributed by atoms with Gasteiger partial charge in [0, 0.05) is 24.7 Å². The van der Waals surface area contributed by atoms with E-state index in [4.69, 9.17) is 0 Å². The number of ketones is 2. The summed E-state index contributed by atoms with van der Waals surface area (Å²) in [6, 6.07) is 0. The van der Waals surface area contributed by atoms with Crippen LogP contribution in [-0.2, 0) is 9.59 Å². The third-order valence-electron chi connectivity index (χ3n) is 7.82. The van der Waals surface area contributed by atoms with Crippen LogP contribution in [0.25, 0.3) is 0 Å². The highest BCUT2D eigenvalue weighted by atomic mass is 16.1. The van der Waals surface area contributed by atoms with E-state index in [1.165, 1.54) is 32.1 Å². The van der Waals surface area contributed by atoms with Gasteiger partial charge in [0.25, 0.3) is 0 Å². The topological polar surface area (TPSA) is 34.1 Å². The average molecular weight is 288 g/mol. The van der Waals surface area contributed by atoms with Crippen molar-refractivity contribution in [3.05, 3.63) is 0 Å². The Balaban J connectivity index is 1.76. The zero-order chi connectivity index (χ0) is 14.8. The zero-order valence-corrected chi connectivity index (χ0v) is 13.5. The highest BCUT2D eigenvalue weighted by molar-refractivity contribution is 5.90. The number of hydrogen-bond donors (Lipinski definition) is 0. The molecule has 0 N–H and O–H groups in total. The molecule has 0 amide bonds. The Labute approximate surface area is 128 Å². The molecule has 4 aliphatic carbocycles. The van der Waals surface area contributed by atoms with Crippen molar-refractivity contribution < 1.29 is 9.59 Å². The summed E-state index contributed by atoms with van der Waals surface area (Å²) in [5, 5.41) is 0. The van der Waals surface area contributed by atoms with Crippen LogP contribution in [0, 0.1) is 34.5 Å². The molecule has 0 aliphatic heterocycles. The van der Waals surface area contributed by atoms with Gasteiger partial charge in [-0.25, -0.2) is 0 Å². The predicted octanol–water partition coefficient (Wildman–Crippen LogP) is 4.17. The third kappa shape index (κ3) is 1.77. The number of hydrogen-bond acceptors (Lipinski definition) is 2. The van der Waals surface area contributed by atoms with Crippen molar-refractivity contribution in [2.75, 3.05) is 0 Å². The first-order valence-electron chi connectivity index (χ1n) is 9.01. The lowest BCUT2D eigenvalue weighted by Gasteiger charge is -2.58. The summed E-state index contributed by atoms with van der Waals surface area (Å²) in [5.74, 6) is 2.36. The lowest BCUT2D eigenvalue weighted by atomic mass is 9.45. The first kappa shape index (κ1) is 14.0. The van der Waals surface area contributed by atoms with Crippen LogP contribution in [0.5, 0.6) is 0 Å². The standard InChI is InChI=1S/C19H28O2/c1-18-8-5-7-13(18)12-10-15(20)14-6-3-4-9-19(14,2)17(12)16(21)11-18/h12-14,17H,3-11H2,1-2H3/t12-,13+,14+,17+,18+,19-/m0/s1. The summed E-state index contributed by atoms with van der Waals surface area (Å²) >= 11 is 0. The Morgan fingerprint density at radius 1 is 0.952 bits per heavy atom. The predicted molar refractivity (Wildman–Crippen MR) is 81.7 cm³/mol. The van der Waals surface area contributed by atoms with Crippen LogP contribution >= 0.6 is 0 Å². The van der Waals surface area contributed by atoms with Gasteiger partial charge in [0.1, 0.15) is 11.6 Å². The number of carbonyl (C=O) groups excluding carboxylic acids is 2. The van der Waals surface area contributed by atoms with Gasteiger partial charge >= 0.3 is 0 Å². The minimum Gasteiger partial charge on any atom is -0.299 e. The molecule has 0 bridgehead atoms. The normalized spacial score (nSPS) is 53.0. The van der Waals surface area contributed by atoms with E-state index in [2.05, 4.69) is 13.8 Å². The molecule has 0 heterocycles. The van der Waals surface area contributed by atoms with E-state index in [0.29, 0.717) is 29.8 Å². The van der Waals surface area contributed by atoms with Crippen molar-refractivity contribution in [1.29, 1.82) is 0 Å². The van der Waals surface area contributed by atoms with Crippen molar-refractivity contribution in [3.63, 3.8) is 0 Å². The molecule has 2 heteroatoms. The van der Waals surface area contributed by atoms with Gasteiger partial charge < -0.3 is 0 Å². The van der Waals surface area contributed by atoms with Crippen LogP contribution in [0.1, 0.15) is 71.6 Å². The first-order valence-corrected chi connectivity index (χ1v) is 9.01. The number of carbonyl (C=O) groups is 2. The highest BCUT2D eigenvalue weighted by Gasteiger charge is 2.62. The summed E-state index contributed by atoms with van der Waals surface area (Å²) in [4.78, 5) is 25.8. The SMILES string of the molecule is C[C@]12CCC[C@@H]1[C@@H]1CC(=O)[C@H]3CCCC[C@]3(C)[C@H]1C(=O)C2. The molecule has 4 fully saturated rings. The van der Waals surface area contributed by atoms with Crippen LogP contribution in [-0.4, -0.2) is 11.6 Å². The molecular formula is C19H28O2. The summed E-state index contributed by atoms with van der Waals surface area (Å²) in [6.07, 6.45) is 9.71. The fraction of sp³-hybridized carbons (Fsp3) is 0.895. The van der Waals surface area contributed by atoms with Gasteiger partial charge in [-0.15, -0.1) is 0 Å². The van der Waals surface area contributed by atoms with Crippen molar-refractivity contribution in [2.45, 2.75) is 71.6 Å². The second-order valence-corrected chi connectivity index (χ2v) is 8.91. The molecule has 4 aliphatic rings. The summed E-state index contributed by atoms with van der Waals surface area (Å²) < 4.78 is 0. The van der Waals surface area contributed by atoms with E-state index in [1.807, 2.05) is 0 Å². The fourth-order valence-corrected chi connectivity index (χ4v) is 6.94. The monoisotopic (exact) mass is 288 g/mol. The van der Waals surface area contributed by atoms with Crippen molar-refractivity contribution >= 4 is 11.6 Å². The Bertz CT molecular complexity index is 496. The smallest absolute Gasteiger partial charge is 0.137 e. The lowest BCUT2D eigenvalue weighted by molar-refractivity contribution is -0.162. The maximum atomic E-state index is 13.0. The molecule has 6 atom stereocenters. The van der Waals surface area contributed by atoms with Crippen molar-refractivity contribution in [2.24, 2.45) is 34.5 Å². The Kier molecular flexibility index (Phi) is 2.94. The average Bonchev–Trinajstić information content (AvgIpc) is 2.79. The summed E-state index contributed by atoms with van der Waals surface area (Å²) in [6.45, 7) is 4.60. The quantitative estimate of drug-likeness (QED) is 0.670. The van der Waals surface area contributed by atoms with Crippen LogP contribution in [0.2, 0.25) is 0 Å². The van der Waals surface area contributed by atoms with Gasteiger partial charge in [-0.3, -0.25) is 9.59 Å². The Morgan fingerprint density at radius 2 is 1.76 bits per heavy atom. The second-order valence-electron chi connectivity index (χ2n) is 8.91. The molecule has 4 rings (SSSR count). The van der Waals surface area contributed by atoms with Gasteiger partial charge in [0.15, 0.2) is 0 Å². The zero-order valence-electron chi connectivity index (χ0n) is 13.5. The van der Waals surface area contributed by atoms with Gasteiger partial charge in [-0.2, -0.15) is 0 Å². The summed E-state index contributed by atoms with van der Waals surface area (Å²) in [5.41, 5.74) is 0.190. The van der Waals surface area contributed by atoms with Gasteiger partial charge in [0.05, 0.1) is 0 Å². The largest absolute Gasteiger partial charge is 0.299 e.